The summed E-state index contributed by atoms with van der Waals surface area (Å²) in [5.74, 6) is 0.0143. The number of benzene rings is 1. The van der Waals surface area contributed by atoms with Gasteiger partial charge in [-0.1, -0.05) is 36.4 Å². The Morgan fingerprint density at radius 2 is 2.15 bits per heavy atom. The average molecular weight is 276 g/mol. The fourth-order valence-corrected chi connectivity index (χ4v) is 2.46. The van der Waals surface area contributed by atoms with Crippen molar-refractivity contribution in [2.75, 3.05) is 13.2 Å². The molecule has 0 radical (unpaired) electrons. The molecule has 110 valence electrons. The van der Waals surface area contributed by atoms with Gasteiger partial charge in [0.25, 0.3) is 0 Å². The van der Waals surface area contributed by atoms with Crippen molar-refractivity contribution in [3.8, 4) is 0 Å². The number of hydrogen-bond donors (Lipinski definition) is 1. The zero-order valence-corrected chi connectivity index (χ0v) is 11.9. The highest BCUT2D eigenvalue weighted by atomic mass is 16.7. The molecule has 0 unspecified atom stereocenters. The quantitative estimate of drug-likeness (QED) is 0.778. The maximum atomic E-state index is 10.1. The molecule has 0 aliphatic carbocycles. The van der Waals surface area contributed by atoms with Crippen LogP contribution in [0.2, 0.25) is 0 Å². The summed E-state index contributed by atoms with van der Waals surface area (Å²) < 4.78 is 11.4. The van der Waals surface area contributed by atoms with E-state index in [4.69, 9.17) is 9.47 Å². The molecule has 1 aromatic rings. The summed E-state index contributed by atoms with van der Waals surface area (Å²) in [4.78, 5) is 0. The lowest BCUT2D eigenvalue weighted by Gasteiger charge is -2.26. The Balaban J connectivity index is 1.88. The molecule has 1 aliphatic heterocycles. The third-order valence-electron chi connectivity index (χ3n) is 3.70. The molecule has 0 bridgehead atoms. The van der Waals surface area contributed by atoms with Crippen LogP contribution in [0, 0.1) is 5.92 Å². The third kappa shape index (κ3) is 4.75. The first-order chi connectivity index (χ1) is 9.79. The molecule has 1 N–H and O–H groups in total. The number of hydrogen-bond acceptors (Lipinski definition) is 3. The molecule has 1 heterocycles. The first-order valence-electron chi connectivity index (χ1n) is 7.37. The Kier molecular flexibility index (Phi) is 6.25. The zero-order valence-electron chi connectivity index (χ0n) is 11.9. The van der Waals surface area contributed by atoms with Gasteiger partial charge in [-0.15, -0.1) is 6.58 Å². The van der Waals surface area contributed by atoms with Crippen molar-refractivity contribution in [3.63, 3.8) is 0 Å². The number of aliphatic hydroxyl groups is 1. The van der Waals surface area contributed by atoms with Gasteiger partial charge in [0, 0.05) is 12.5 Å². The highest BCUT2D eigenvalue weighted by Gasteiger charge is 2.21. The van der Waals surface area contributed by atoms with Crippen molar-refractivity contribution in [2.45, 2.75) is 38.1 Å². The number of ether oxygens (including phenoxy) is 2. The first-order valence-corrected chi connectivity index (χ1v) is 7.37. The van der Waals surface area contributed by atoms with Gasteiger partial charge in [-0.2, -0.15) is 0 Å². The van der Waals surface area contributed by atoms with Crippen molar-refractivity contribution in [1.82, 2.24) is 0 Å². The molecule has 1 fully saturated rings. The van der Waals surface area contributed by atoms with Crippen LogP contribution in [0.1, 0.15) is 24.8 Å². The fourth-order valence-electron chi connectivity index (χ4n) is 2.46. The highest BCUT2D eigenvalue weighted by Crippen LogP contribution is 2.18. The minimum Gasteiger partial charge on any atom is -0.389 e. The molecule has 1 aromatic carbocycles. The molecule has 0 amide bonds. The van der Waals surface area contributed by atoms with E-state index < -0.39 is 6.10 Å². The maximum Gasteiger partial charge on any atom is 0.157 e. The van der Waals surface area contributed by atoms with Gasteiger partial charge in [-0.25, -0.2) is 0 Å². The van der Waals surface area contributed by atoms with Crippen LogP contribution in [0.25, 0.3) is 0 Å². The first kappa shape index (κ1) is 15.2. The minimum absolute atomic E-state index is 0.0143. The molecule has 3 nitrogen and oxygen atoms in total. The topological polar surface area (TPSA) is 38.7 Å². The number of aliphatic hydroxyl groups excluding tert-OH is 1. The molecule has 0 aromatic heterocycles. The van der Waals surface area contributed by atoms with Gasteiger partial charge in [0.1, 0.15) is 0 Å². The predicted octanol–water partition coefficient (Wildman–Crippen LogP) is 2.94. The summed E-state index contributed by atoms with van der Waals surface area (Å²) in [6.45, 7) is 4.95. The Morgan fingerprint density at radius 3 is 2.80 bits per heavy atom. The second kappa shape index (κ2) is 8.20. The SMILES string of the molecule is C=C[C@H](O)[C@@H](CO[C@H]1CCCCO1)Cc1ccccc1. The van der Waals surface area contributed by atoms with Crippen molar-refractivity contribution in [2.24, 2.45) is 5.92 Å². The lowest BCUT2D eigenvalue weighted by atomic mass is 9.94. The van der Waals surface area contributed by atoms with Gasteiger partial charge in [-0.05, 0) is 31.2 Å². The maximum absolute atomic E-state index is 10.1. The van der Waals surface area contributed by atoms with E-state index >= 15 is 0 Å². The summed E-state index contributed by atoms with van der Waals surface area (Å²) in [5, 5.41) is 10.1. The van der Waals surface area contributed by atoms with Gasteiger partial charge in [0.2, 0.25) is 0 Å². The Morgan fingerprint density at radius 1 is 1.35 bits per heavy atom. The van der Waals surface area contributed by atoms with E-state index in [1.807, 2.05) is 18.2 Å². The van der Waals surface area contributed by atoms with E-state index in [1.54, 1.807) is 6.08 Å². The van der Waals surface area contributed by atoms with Crippen LogP contribution in [0.15, 0.2) is 43.0 Å². The van der Waals surface area contributed by atoms with Crippen LogP contribution in [0.3, 0.4) is 0 Å². The van der Waals surface area contributed by atoms with Crippen molar-refractivity contribution in [3.05, 3.63) is 48.6 Å². The van der Waals surface area contributed by atoms with E-state index in [2.05, 4.69) is 18.7 Å². The normalized spacial score (nSPS) is 22.1. The second-order valence-corrected chi connectivity index (χ2v) is 5.31. The summed E-state index contributed by atoms with van der Waals surface area (Å²) in [6.07, 6.45) is 4.90. The molecule has 0 spiro atoms. The smallest absolute Gasteiger partial charge is 0.157 e. The Bertz CT molecular complexity index is 384. The van der Waals surface area contributed by atoms with Crippen LogP contribution in [-0.4, -0.2) is 30.7 Å². The molecule has 1 aliphatic rings. The number of rotatable bonds is 7. The van der Waals surface area contributed by atoms with Gasteiger partial charge in [-0.3, -0.25) is 0 Å². The van der Waals surface area contributed by atoms with E-state index in [-0.39, 0.29) is 12.2 Å². The Labute approximate surface area is 121 Å². The highest BCUT2D eigenvalue weighted by molar-refractivity contribution is 5.15. The lowest BCUT2D eigenvalue weighted by molar-refractivity contribution is -0.172. The third-order valence-corrected chi connectivity index (χ3v) is 3.70. The van der Waals surface area contributed by atoms with Gasteiger partial charge < -0.3 is 14.6 Å². The summed E-state index contributed by atoms with van der Waals surface area (Å²) in [6, 6.07) is 10.2. The molecular weight excluding hydrogens is 252 g/mol. The van der Waals surface area contributed by atoms with Crippen LogP contribution >= 0.6 is 0 Å². The predicted molar refractivity (Wildman–Crippen MR) is 79.4 cm³/mol. The summed E-state index contributed by atoms with van der Waals surface area (Å²) in [7, 11) is 0. The zero-order chi connectivity index (χ0) is 14.2. The van der Waals surface area contributed by atoms with Crippen LogP contribution in [-0.2, 0) is 15.9 Å². The van der Waals surface area contributed by atoms with E-state index in [1.165, 1.54) is 5.56 Å². The van der Waals surface area contributed by atoms with Crippen LogP contribution in [0.4, 0.5) is 0 Å². The largest absolute Gasteiger partial charge is 0.389 e. The molecule has 2 rings (SSSR count). The van der Waals surface area contributed by atoms with E-state index in [0.29, 0.717) is 6.61 Å². The lowest BCUT2D eigenvalue weighted by Crippen LogP contribution is -2.30. The fraction of sp³-hybridized carbons (Fsp3) is 0.529. The minimum atomic E-state index is -0.557. The van der Waals surface area contributed by atoms with E-state index in [9.17, 15) is 5.11 Å². The van der Waals surface area contributed by atoms with Gasteiger partial charge >= 0.3 is 0 Å². The summed E-state index contributed by atoms with van der Waals surface area (Å²) >= 11 is 0. The standard InChI is InChI=1S/C17H24O3/c1-2-16(18)15(12-14-8-4-3-5-9-14)13-20-17-10-6-7-11-19-17/h2-5,8-9,15-18H,1,6-7,10-13H2/t15-,16+,17+/m1/s1. The van der Waals surface area contributed by atoms with E-state index in [0.717, 1.165) is 32.3 Å². The van der Waals surface area contributed by atoms with Crippen molar-refractivity contribution >= 4 is 0 Å². The molecule has 0 saturated carbocycles. The van der Waals surface area contributed by atoms with Crippen molar-refractivity contribution in [1.29, 1.82) is 0 Å². The van der Waals surface area contributed by atoms with Gasteiger partial charge in [0.05, 0.1) is 12.7 Å². The molecular formula is C17H24O3. The Hall–Kier alpha value is -1.16. The van der Waals surface area contributed by atoms with Crippen LogP contribution in [0.5, 0.6) is 0 Å². The van der Waals surface area contributed by atoms with Gasteiger partial charge in [0.15, 0.2) is 6.29 Å². The second-order valence-electron chi connectivity index (χ2n) is 5.31. The monoisotopic (exact) mass is 276 g/mol. The van der Waals surface area contributed by atoms with Crippen LogP contribution < -0.4 is 0 Å². The molecule has 3 atom stereocenters. The summed E-state index contributed by atoms with van der Waals surface area (Å²) in [5.41, 5.74) is 1.20. The molecule has 20 heavy (non-hydrogen) atoms. The molecule has 3 heteroatoms. The van der Waals surface area contributed by atoms with Crippen molar-refractivity contribution < 1.29 is 14.6 Å². The molecule has 1 saturated heterocycles. The average Bonchev–Trinajstić information content (AvgIpc) is 2.52.